The van der Waals surface area contributed by atoms with E-state index in [0.717, 1.165) is 12.4 Å². The average Bonchev–Trinajstić information content (AvgIpc) is 2.16. The Morgan fingerprint density at radius 2 is 1.65 bits per heavy atom. The van der Waals surface area contributed by atoms with Crippen molar-refractivity contribution in [2.24, 2.45) is 5.41 Å². The summed E-state index contributed by atoms with van der Waals surface area (Å²) in [6, 6.07) is 0. The van der Waals surface area contributed by atoms with Crippen molar-refractivity contribution in [3.8, 4) is 12.3 Å². The van der Waals surface area contributed by atoms with E-state index in [1.54, 1.807) is 0 Å². The lowest BCUT2D eigenvalue weighted by molar-refractivity contribution is -0.145. The molecule has 1 atom stereocenters. The highest BCUT2D eigenvalue weighted by Gasteiger charge is 2.35. The minimum atomic E-state index is -4.52. The molecule has 0 radical (unpaired) electrons. The van der Waals surface area contributed by atoms with Crippen LogP contribution in [-0.4, -0.2) is 9.97 Å². The van der Waals surface area contributed by atoms with Gasteiger partial charge in [-0.3, -0.25) is 0 Å². The van der Waals surface area contributed by atoms with E-state index < -0.39 is 12.0 Å². The molecule has 0 saturated heterocycles. The molecule has 5 heteroatoms. The summed E-state index contributed by atoms with van der Waals surface area (Å²) in [7, 11) is 0. The maximum absolute atomic E-state index is 12.3. The monoisotopic (exact) mass is 242 g/mol. The third-order valence-corrected chi connectivity index (χ3v) is 2.29. The van der Waals surface area contributed by atoms with Crippen molar-refractivity contribution >= 4 is 0 Å². The highest BCUT2D eigenvalue weighted by molar-refractivity contribution is 5.24. The summed E-state index contributed by atoms with van der Waals surface area (Å²) in [5, 5.41) is 0. The molecule has 17 heavy (non-hydrogen) atoms. The van der Waals surface area contributed by atoms with Gasteiger partial charge in [-0.05, 0) is 5.41 Å². The molecular weight excluding hydrogens is 229 g/mol. The summed E-state index contributed by atoms with van der Waals surface area (Å²) in [6.45, 7) is 5.74. The number of nitrogens with zero attached hydrogens (tertiary/aromatic N) is 2. The topological polar surface area (TPSA) is 25.8 Å². The maximum atomic E-state index is 12.3. The van der Waals surface area contributed by atoms with Crippen molar-refractivity contribution in [3.05, 3.63) is 23.8 Å². The molecular formula is C12H13F3N2. The third kappa shape index (κ3) is 3.19. The number of hydrogen-bond donors (Lipinski definition) is 0. The van der Waals surface area contributed by atoms with Crippen molar-refractivity contribution in [3.63, 3.8) is 0 Å². The first-order valence-electron chi connectivity index (χ1n) is 5.01. The third-order valence-electron chi connectivity index (χ3n) is 2.29. The second kappa shape index (κ2) is 4.36. The largest absolute Gasteiger partial charge is 0.451 e. The molecule has 0 aromatic carbocycles. The molecule has 92 valence electrons. The van der Waals surface area contributed by atoms with Crippen molar-refractivity contribution in [2.75, 3.05) is 0 Å². The van der Waals surface area contributed by atoms with Crippen LogP contribution >= 0.6 is 0 Å². The summed E-state index contributed by atoms with van der Waals surface area (Å²) >= 11 is 0. The normalized spacial score (nSPS) is 14.2. The van der Waals surface area contributed by atoms with Gasteiger partial charge in [-0.15, -0.1) is 6.42 Å². The summed E-state index contributed by atoms with van der Waals surface area (Å²) in [5.41, 5.74) is 0.269. The van der Waals surface area contributed by atoms with Gasteiger partial charge in [0.1, 0.15) is 0 Å². The predicted octanol–water partition coefficient (Wildman–Crippen LogP) is 3.26. The lowest BCUT2D eigenvalue weighted by atomic mass is 9.78. The van der Waals surface area contributed by atoms with Crippen molar-refractivity contribution < 1.29 is 13.2 Å². The standard InChI is InChI=1S/C12H13F3N2/c1-5-9(11(2,3)4)8-6-16-10(17-7-8)12(13,14)15/h1,6-7,9H,2-4H3/t9-/m1/s1. The molecule has 1 aromatic rings. The zero-order valence-electron chi connectivity index (χ0n) is 9.84. The van der Waals surface area contributed by atoms with Crippen molar-refractivity contribution in [1.29, 1.82) is 0 Å². The van der Waals surface area contributed by atoms with Gasteiger partial charge in [0.05, 0.1) is 5.92 Å². The Labute approximate surface area is 98.3 Å². The Bertz CT molecular complexity index is 421. The van der Waals surface area contributed by atoms with Gasteiger partial charge in [0.2, 0.25) is 5.82 Å². The minimum absolute atomic E-state index is 0.252. The van der Waals surface area contributed by atoms with E-state index in [-0.39, 0.29) is 11.3 Å². The minimum Gasteiger partial charge on any atom is -0.233 e. The van der Waals surface area contributed by atoms with Crippen LogP contribution in [0.25, 0.3) is 0 Å². The highest BCUT2D eigenvalue weighted by Crippen LogP contribution is 2.34. The Hall–Kier alpha value is -1.57. The lowest BCUT2D eigenvalue weighted by Crippen LogP contribution is -2.18. The number of halogens is 3. The molecule has 0 unspecified atom stereocenters. The Morgan fingerprint density at radius 3 is 1.94 bits per heavy atom. The van der Waals surface area contributed by atoms with Gasteiger partial charge in [-0.25, -0.2) is 9.97 Å². The van der Waals surface area contributed by atoms with E-state index in [2.05, 4.69) is 15.9 Å². The maximum Gasteiger partial charge on any atom is 0.451 e. The van der Waals surface area contributed by atoms with Crippen LogP contribution in [0.1, 0.15) is 38.1 Å². The molecule has 0 aliphatic carbocycles. The van der Waals surface area contributed by atoms with E-state index in [1.165, 1.54) is 0 Å². The lowest BCUT2D eigenvalue weighted by Gasteiger charge is -2.26. The van der Waals surface area contributed by atoms with Crippen LogP contribution in [0.4, 0.5) is 13.2 Å². The Balaban J connectivity index is 3.07. The number of aromatic nitrogens is 2. The first-order valence-corrected chi connectivity index (χ1v) is 5.01. The zero-order valence-corrected chi connectivity index (χ0v) is 9.84. The van der Waals surface area contributed by atoms with Gasteiger partial charge in [-0.1, -0.05) is 26.7 Å². The van der Waals surface area contributed by atoms with Gasteiger partial charge >= 0.3 is 6.18 Å². The van der Waals surface area contributed by atoms with E-state index in [0.29, 0.717) is 5.56 Å². The van der Waals surface area contributed by atoms with Crippen molar-refractivity contribution in [1.82, 2.24) is 9.97 Å². The SMILES string of the molecule is C#C[C@H](c1cnc(C(F)(F)F)nc1)C(C)(C)C. The molecule has 2 nitrogen and oxygen atoms in total. The molecule has 1 aromatic heterocycles. The van der Waals surface area contributed by atoms with Gasteiger partial charge < -0.3 is 0 Å². The van der Waals surface area contributed by atoms with Crippen LogP contribution in [0.3, 0.4) is 0 Å². The van der Waals surface area contributed by atoms with Crippen LogP contribution in [0.5, 0.6) is 0 Å². The second-order valence-corrected chi connectivity index (χ2v) is 4.80. The van der Waals surface area contributed by atoms with Gasteiger partial charge in [-0.2, -0.15) is 13.2 Å². The fourth-order valence-corrected chi connectivity index (χ4v) is 1.48. The molecule has 1 rings (SSSR count). The Morgan fingerprint density at radius 1 is 1.18 bits per heavy atom. The smallest absolute Gasteiger partial charge is 0.233 e. The predicted molar refractivity (Wildman–Crippen MR) is 58.1 cm³/mol. The van der Waals surface area contributed by atoms with Gasteiger partial charge in [0.25, 0.3) is 0 Å². The van der Waals surface area contributed by atoms with Crippen LogP contribution in [0, 0.1) is 17.8 Å². The molecule has 1 heterocycles. The van der Waals surface area contributed by atoms with E-state index in [4.69, 9.17) is 6.42 Å². The van der Waals surface area contributed by atoms with E-state index in [9.17, 15) is 13.2 Å². The average molecular weight is 242 g/mol. The summed E-state index contributed by atoms with van der Waals surface area (Å²) in [5.74, 6) is 1.09. The van der Waals surface area contributed by atoms with E-state index >= 15 is 0 Å². The molecule has 0 N–H and O–H groups in total. The summed E-state index contributed by atoms with van der Waals surface area (Å²) < 4.78 is 36.8. The summed E-state index contributed by atoms with van der Waals surface area (Å²) in [4.78, 5) is 6.60. The molecule has 0 aliphatic rings. The van der Waals surface area contributed by atoms with Crippen LogP contribution < -0.4 is 0 Å². The number of hydrogen-bond acceptors (Lipinski definition) is 2. The molecule has 0 bridgehead atoms. The first kappa shape index (κ1) is 13.5. The quantitative estimate of drug-likeness (QED) is 0.706. The van der Waals surface area contributed by atoms with E-state index in [1.807, 2.05) is 20.8 Å². The molecule has 0 fully saturated rings. The highest BCUT2D eigenvalue weighted by atomic mass is 19.4. The fourth-order valence-electron chi connectivity index (χ4n) is 1.48. The molecule has 0 aliphatic heterocycles. The second-order valence-electron chi connectivity index (χ2n) is 4.80. The van der Waals surface area contributed by atoms with Gasteiger partial charge in [0.15, 0.2) is 0 Å². The van der Waals surface area contributed by atoms with Crippen LogP contribution in [-0.2, 0) is 6.18 Å². The van der Waals surface area contributed by atoms with Crippen LogP contribution in [0.15, 0.2) is 12.4 Å². The molecule has 0 spiro atoms. The number of alkyl halides is 3. The fraction of sp³-hybridized carbons (Fsp3) is 0.500. The number of terminal acetylenes is 1. The first-order chi connectivity index (χ1) is 7.66. The zero-order chi connectivity index (χ0) is 13.3. The van der Waals surface area contributed by atoms with Gasteiger partial charge in [0, 0.05) is 18.0 Å². The van der Waals surface area contributed by atoms with Crippen LogP contribution in [0.2, 0.25) is 0 Å². The Kier molecular flexibility index (Phi) is 3.46. The van der Waals surface area contributed by atoms with Crippen molar-refractivity contribution in [2.45, 2.75) is 32.9 Å². The molecule has 0 amide bonds. The summed E-state index contributed by atoms with van der Waals surface area (Å²) in [6.07, 6.45) is 3.15. The molecule has 0 saturated carbocycles. The number of rotatable bonds is 1.